The zero-order chi connectivity index (χ0) is 23.6. The predicted molar refractivity (Wildman–Crippen MR) is 133 cm³/mol. The molecule has 1 saturated heterocycles. The van der Waals surface area contributed by atoms with Gasteiger partial charge >= 0.3 is 0 Å². The molecule has 0 unspecified atom stereocenters. The van der Waals surface area contributed by atoms with Crippen LogP contribution in [0, 0.1) is 20.8 Å². The number of benzene rings is 2. The van der Waals surface area contributed by atoms with E-state index in [4.69, 9.17) is 0 Å². The van der Waals surface area contributed by atoms with Crippen molar-refractivity contribution in [2.24, 2.45) is 0 Å². The highest BCUT2D eigenvalue weighted by Crippen LogP contribution is 2.23. The van der Waals surface area contributed by atoms with Crippen LogP contribution in [-0.4, -0.2) is 50.4 Å². The normalized spacial score (nSPS) is 14.8. The number of carbonyl (C=O) groups excluding carboxylic acids is 1. The molecule has 33 heavy (non-hydrogen) atoms. The smallest absolute Gasteiger partial charge is 0.261 e. The Balaban J connectivity index is 1.42. The van der Waals surface area contributed by atoms with Gasteiger partial charge in [0.05, 0.1) is 10.6 Å². The lowest BCUT2D eigenvalue weighted by Gasteiger charge is -2.22. The third-order valence-electron chi connectivity index (χ3n) is 5.83. The minimum absolute atomic E-state index is 0.0850. The molecule has 9 heteroatoms. The molecule has 1 aliphatic rings. The van der Waals surface area contributed by atoms with Crippen molar-refractivity contribution in [3.63, 3.8) is 0 Å². The van der Waals surface area contributed by atoms with Gasteiger partial charge in [-0.25, -0.2) is 13.4 Å². The first-order valence-electron chi connectivity index (χ1n) is 10.9. The summed E-state index contributed by atoms with van der Waals surface area (Å²) in [4.78, 5) is 21.8. The Labute approximate surface area is 199 Å². The average molecular weight is 485 g/mol. The zero-order valence-electron chi connectivity index (χ0n) is 19.0. The number of anilines is 2. The van der Waals surface area contributed by atoms with Gasteiger partial charge in [-0.1, -0.05) is 6.07 Å². The highest BCUT2D eigenvalue weighted by molar-refractivity contribution is 7.92. The minimum Gasteiger partial charge on any atom is -0.346 e. The Bertz CT molecular complexity index is 1250. The lowest BCUT2D eigenvalue weighted by Crippen LogP contribution is -2.35. The lowest BCUT2D eigenvalue weighted by atomic mass is 10.1. The van der Waals surface area contributed by atoms with Crippen LogP contribution < -0.4 is 9.62 Å². The molecule has 0 aliphatic carbocycles. The van der Waals surface area contributed by atoms with Gasteiger partial charge in [0.1, 0.15) is 0 Å². The van der Waals surface area contributed by atoms with E-state index in [1.807, 2.05) is 37.1 Å². The summed E-state index contributed by atoms with van der Waals surface area (Å²) in [5, 5.41) is 3.03. The maximum Gasteiger partial charge on any atom is 0.261 e. The van der Waals surface area contributed by atoms with Crippen LogP contribution in [0.2, 0.25) is 0 Å². The zero-order valence-corrected chi connectivity index (χ0v) is 20.7. The number of aromatic nitrogens is 1. The van der Waals surface area contributed by atoms with Crippen molar-refractivity contribution in [2.45, 2.75) is 32.1 Å². The van der Waals surface area contributed by atoms with Crippen molar-refractivity contribution >= 4 is 38.1 Å². The van der Waals surface area contributed by atoms with E-state index in [0.29, 0.717) is 24.3 Å². The number of hydrogen-bond donors (Lipinski definition) is 1. The maximum absolute atomic E-state index is 13.1. The highest BCUT2D eigenvalue weighted by Gasteiger charge is 2.22. The molecule has 0 saturated carbocycles. The van der Waals surface area contributed by atoms with Gasteiger partial charge in [-0.05, 0) is 74.7 Å². The molecule has 1 amide bonds. The fourth-order valence-corrected chi connectivity index (χ4v) is 5.68. The van der Waals surface area contributed by atoms with Crippen LogP contribution in [0.1, 0.15) is 33.6 Å². The fraction of sp³-hybridized carbons (Fsp3) is 0.333. The van der Waals surface area contributed by atoms with Crippen molar-refractivity contribution < 1.29 is 13.2 Å². The number of thiazole rings is 1. The van der Waals surface area contributed by atoms with E-state index >= 15 is 0 Å². The summed E-state index contributed by atoms with van der Waals surface area (Å²) in [6, 6.07) is 11.6. The quantitative estimate of drug-likeness (QED) is 0.586. The van der Waals surface area contributed by atoms with Crippen molar-refractivity contribution in [3.8, 4) is 0 Å². The Kier molecular flexibility index (Phi) is 6.71. The van der Waals surface area contributed by atoms with E-state index in [-0.39, 0.29) is 10.8 Å². The van der Waals surface area contributed by atoms with E-state index in [1.54, 1.807) is 35.6 Å². The molecule has 1 aromatic heterocycles. The van der Waals surface area contributed by atoms with Gasteiger partial charge in [0.15, 0.2) is 5.13 Å². The summed E-state index contributed by atoms with van der Waals surface area (Å²) in [7, 11) is -3.74. The second kappa shape index (κ2) is 9.52. The number of hydrogen-bond acceptors (Lipinski definition) is 6. The number of sulfonamides is 1. The van der Waals surface area contributed by atoms with Crippen molar-refractivity contribution in [3.05, 3.63) is 70.2 Å². The number of nitrogens with zero attached hydrogens (tertiary/aromatic N) is 3. The highest BCUT2D eigenvalue weighted by atomic mass is 32.2. The minimum atomic E-state index is -3.74. The van der Waals surface area contributed by atoms with Crippen molar-refractivity contribution in [1.29, 1.82) is 0 Å². The Morgan fingerprint density at radius 2 is 1.73 bits per heavy atom. The SMILES string of the molecule is Cc1csc(N2CCCN(C(=O)c3ccc(S(=O)(=O)Nc4ccc(C)c(C)c4)cc3)CC2)n1. The summed E-state index contributed by atoms with van der Waals surface area (Å²) in [6.07, 6.45) is 0.858. The average Bonchev–Trinajstić information content (AvgIpc) is 3.07. The van der Waals surface area contributed by atoms with Gasteiger partial charge < -0.3 is 9.80 Å². The molecule has 0 spiro atoms. The standard InChI is InChI=1S/C24H28N4O3S2/c1-17-5-8-21(15-18(17)2)26-33(30,31)22-9-6-20(7-10-22)23(29)27-11-4-12-28(14-13-27)24-25-19(3)16-32-24/h5-10,15-16,26H,4,11-14H2,1-3H3. The summed E-state index contributed by atoms with van der Waals surface area (Å²) < 4.78 is 28.2. The first-order valence-corrected chi connectivity index (χ1v) is 13.3. The summed E-state index contributed by atoms with van der Waals surface area (Å²) in [5.74, 6) is -0.0850. The van der Waals surface area contributed by atoms with Crippen LogP contribution in [0.4, 0.5) is 10.8 Å². The van der Waals surface area contributed by atoms with E-state index in [2.05, 4.69) is 14.6 Å². The summed E-state index contributed by atoms with van der Waals surface area (Å²) in [5.41, 5.74) is 4.12. The lowest BCUT2D eigenvalue weighted by molar-refractivity contribution is 0.0767. The molecule has 174 valence electrons. The molecule has 0 radical (unpaired) electrons. The topological polar surface area (TPSA) is 82.6 Å². The number of aryl methyl sites for hydroxylation is 3. The van der Waals surface area contributed by atoms with E-state index in [0.717, 1.165) is 41.5 Å². The monoisotopic (exact) mass is 484 g/mol. The van der Waals surface area contributed by atoms with Crippen LogP contribution in [0.3, 0.4) is 0 Å². The van der Waals surface area contributed by atoms with Crippen LogP contribution in [0.15, 0.2) is 52.7 Å². The predicted octanol–water partition coefficient (Wildman–Crippen LogP) is 4.22. The van der Waals surface area contributed by atoms with E-state index in [1.165, 1.54) is 12.1 Å². The van der Waals surface area contributed by atoms with Gasteiger partial charge in [-0.2, -0.15) is 0 Å². The second-order valence-electron chi connectivity index (χ2n) is 8.33. The first-order chi connectivity index (χ1) is 15.7. The summed E-state index contributed by atoms with van der Waals surface area (Å²) in [6.45, 7) is 8.75. The Morgan fingerprint density at radius 1 is 0.970 bits per heavy atom. The van der Waals surface area contributed by atoms with Crippen molar-refractivity contribution in [2.75, 3.05) is 35.8 Å². The molecule has 3 aromatic rings. The first kappa shape index (κ1) is 23.3. The molecule has 0 atom stereocenters. The molecule has 0 bridgehead atoms. The molecule has 2 aromatic carbocycles. The number of nitrogens with one attached hydrogen (secondary N) is 1. The second-order valence-corrected chi connectivity index (χ2v) is 10.9. The molecule has 1 aliphatic heterocycles. The molecule has 2 heterocycles. The van der Waals surface area contributed by atoms with Crippen LogP contribution in [0.5, 0.6) is 0 Å². The molecule has 4 rings (SSSR count). The van der Waals surface area contributed by atoms with Gasteiger partial charge in [0.25, 0.3) is 15.9 Å². The third kappa shape index (κ3) is 5.36. The maximum atomic E-state index is 13.1. The molecular formula is C24H28N4O3S2. The van der Waals surface area contributed by atoms with Crippen LogP contribution in [-0.2, 0) is 10.0 Å². The van der Waals surface area contributed by atoms with Crippen LogP contribution in [0.25, 0.3) is 0 Å². The largest absolute Gasteiger partial charge is 0.346 e. The van der Waals surface area contributed by atoms with Gasteiger partial charge in [0, 0.05) is 42.8 Å². The van der Waals surface area contributed by atoms with Gasteiger partial charge in [-0.15, -0.1) is 11.3 Å². The number of rotatable bonds is 5. The van der Waals surface area contributed by atoms with E-state index < -0.39 is 10.0 Å². The van der Waals surface area contributed by atoms with Crippen molar-refractivity contribution in [1.82, 2.24) is 9.88 Å². The fourth-order valence-electron chi connectivity index (χ4n) is 3.78. The Hall–Kier alpha value is -2.91. The van der Waals surface area contributed by atoms with Gasteiger partial charge in [-0.3, -0.25) is 9.52 Å². The summed E-state index contributed by atoms with van der Waals surface area (Å²) >= 11 is 1.63. The number of carbonyl (C=O) groups is 1. The van der Waals surface area contributed by atoms with Crippen LogP contribution >= 0.6 is 11.3 Å². The molecule has 1 N–H and O–H groups in total. The third-order valence-corrected chi connectivity index (χ3v) is 8.25. The van der Waals surface area contributed by atoms with E-state index in [9.17, 15) is 13.2 Å². The molecular weight excluding hydrogens is 456 g/mol. The molecule has 1 fully saturated rings. The Morgan fingerprint density at radius 3 is 2.39 bits per heavy atom. The number of amides is 1. The molecule has 7 nitrogen and oxygen atoms in total. The van der Waals surface area contributed by atoms with Gasteiger partial charge in [0.2, 0.25) is 0 Å².